The van der Waals surface area contributed by atoms with Gasteiger partial charge in [0.05, 0.1) is 12.7 Å². The van der Waals surface area contributed by atoms with E-state index in [1.54, 1.807) is 43.8 Å². The topological polar surface area (TPSA) is 123 Å². The predicted molar refractivity (Wildman–Crippen MR) is 118 cm³/mol. The molecule has 1 unspecified atom stereocenters. The van der Waals surface area contributed by atoms with Gasteiger partial charge in [0.2, 0.25) is 11.8 Å². The second-order valence-electron chi connectivity index (χ2n) is 9.15. The standard InChI is InChI=1S/C23H27N5O5/c1-23(2,3)33-22(32)24-9-10-27-12-14(11-25-27)15-5-4-6-16-17(15)13-28(21(16)31)18-7-8-19(29)26-20(18)30/h4-6,11-12,18H,7-10,13H2,1-3H3,(H,24,32)(H,26,29,30). The van der Waals surface area contributed by atoms with Gasteiger partial charge in [-0.15, -0.1) is 0 Å². The van der Waals surface area contributed by atoms with Crippen molar-refractivity contribution in [2.45, 2.75) is 58.3 Å². The van der Waals surface area contributed by atoms with Crippen molar-refractivity contribution in [3.8, 4) is 11.1 Å². The van der Waals surface area contributed by atoms with E-state index < -0.39 is 23.6 Å². The van der Waals surface area contributed by atoms with Gasteiger partial charge in [-0.25, -0.2) is 4.79 Å². The number of carbonyl (C=O) groups excluding carboxylic acids is 4. The SMILES string of the molecule is CC(C)(C)OC(=O)NCCn1cc(-c2cccc3c2CN(C2CCC(=O)NC2=O)C3=O)cn1. The first kappa shape index (κ1) is 22.5. The lowest BCUT2D eigenvalue weighted by atomic mass is 9.99. The van der Waals surface area contributed by atoms with E-state index in [-0.39, 0.29) is 18.2 Å². The summed E-state index contributed by atoms with van der Waals surface area (Å²) in [5.74, 6) is -0.954. The quantitative estimate of drug-likeness (QED) is 0.666. The van der Waals surface area contributed by atoms with Crippen LogP contribution in [0, 0.1) is 0 Å². The molecule has 2 N–H and O–H groups in total. The van der Waals surface area contributed by atoms with Crippen LogP contribution in [0.1, 0.15) is 49.5 Å². The fraction of sp³-hybridized carbons (Fsp3) is 0.435. The lowest BCUT2D eigenvalue weighted by Gasteiger charge is -2.29. The number of aromatic nitrogens is 2. The number of rotatable bonds is 5. The zero-order valence-electron chi connectivity index (χ0n) is 18.9. The lowest BCUT2D eigenvalue weighted by Crippen LogP contribution is -2.52. The van der Waals surface area contributed by atoms with Gasteiger partial charge in [0, 0.05) is 36.8 Å². The Kier molecular flexibility index (Phi) is 5.92. The van der Waals surface area contributed by atoms with Crippen LogP contribution in [0.3, 0.4) is 0 Å². The zero-order valence-corrected chi connectivity index (χ0v) is 18.9. The van der Waals surface area contributed by atoms with E-state index in [1.807, 2.05) is 12.3 Å². The number of nitrogens with one attached hydrogen (secondary N) is 2. The van der Waals surface area contributed by atoms with Crippen LogP contribution in [-0.4, -0.2) is 56.7 Å². The molecule has 33 heavy (non-hydrogen) atoms. The molecule has 10 heteroatoms. The minimum absolute atomic E-state index is 0.213. The molecule has 10 nitrogen and oxygen atoms in total. The molecule has 0 bridgehead atoms. The minimum Gasteiger partial charge on any atom is -0.444 e. The van der Waals surface area contributed by atoms with Crippen LogP contribution in [0.4, 0.5) is 4.79 Å². The highest BCUT2D eigenvalue weighted by atomic mass is 16.6. The van der Waals surface area contributed by atoms with Crippen molar-refractivity contribution in [3.05, 3.63) is 41.7 Å². The summed E-state index contributed by atoms with van der Waals surface area (Å²) >= 11 is 0. The summed E-state index contributed by atoms with van der Waals surface area (Å²) in [4.78, 5) is 50.1. The summed E-state index contributed by atoms with van der Waals surface area (Å²) in [6.07, 6.45) is 3.62. The number of hydrogen-bond acceptors (Lipinski definition) is 6. The Hall–Kier alpha value is -3.69. The van der Waals surface area contributed by atoms with E-state index in [0.717, 1.165) is 16.7 Å². The smallest absolute Gasteiger partial charge is 0.407 e. The van der Waals surface area contributed by atoms with Gasteiger partial charge in [-0.2, -0.15) is 5.10 Å². The molecule has 2 aliphatic rings. The van der Waals surface area contributed by atoms with Crippen LogP contribution in [0.15, 0.2) is 30.6 Å². The normalized spacial score (nSPS) is 18.2. The fourth-order valence-electron chi connectivity index (χ4n) is 4.07. The molecule has 174 valence electrons. The molecule has 2 aliphatic heterocycles. The maximum Gasteiger partial charge on any atom is 0.407 e. The third-order valence-electron chi connectivity index (χ3n) is 5.54. The second-order valence-corrected chi connectivity index (χ2v) is 9.15. The third kappa shape index (κ3) is 4.89. The van der Waals surface area contributed by atoms with Crippen molar-refractivity contribution in [2.75, 3.05) is 6.54 Å². The Labute approximate surface area is 191 Å². The van der Waals surface area contributed by atoms with Crippen LogP contribution in [0.5, 0.6) is 0 Å². The largest absolute Gasteiger partial charge is 0.444 e. The number of piperidine rings is 1. The van der Waals surface area contributed by atoms with Crippen LogP contribution >= 0.6 is 0 Å². The molecule has 4 rings (SSSR count). The molecule has 2 aromatic rings. The van der Waals surface area contributed by atoms with E-state index in [4.69, 9.17) is 4.74 Å². The summed E-state index contributed by atoms with van der Waals surface area (Å²) in [5, 5.41) is 9.38. The summed E-state index contributed by atoms with van der Waals surface area (Å²) in [5.41, 5.74) is 2.52. The fourth-order valence-corrected chi connectivity index (χ4v) is 4.07. The van der Waals surface area contributed by atoms with Crippen molar-refractivity contribution in [1.29, 1.82) is 0 Å². The highest BCUT2D eigenvalue weighted by Crippen LogP contribution is 2.34. The molecule has 0 spiro atoms. The molecule has 0 radical (unpaired) electrons. The Balaban J connectivity index is 1.45. The molecular weight excluding hydrogens is 426 g/mol. The van der Waals surface area contributed by atoms with E-state index in [9.17, 15) is 19.2 Å². The maximum absolute atomic E-state index is 13.0. The number of alkyl carbamates (subject to hydrolysis) is 1. The van der Waals surface area contributed by atoms with Crippen molar-refractivity contribution in [1.82, 2.24) is 25.3 Å². The average molecular weight is 453 g/mol. The molecule has 0 aliphatic carbocycles. The monoisotopic (exact) mass is 453 g/mol. The van der Waals surface area contributed by atoms with Gasteiger partial charge in [0.25, 0.3) is 5.91 Å². The van der Waals surface area contributed by atoms with Gasteiger partial charge in [-0.3, -0.25) is 24.4 Å². The summed E-state index contributed by atoms with van der Waals surface area (Å²) in [6, 6.07) is 4.82. The van der Waals surface area contributed by atoms with E-state index in [2.05, 4.69) is 15.7 Å². The van der Waals surface area contributed by atoms with Crippen LogP contribution in [0.25, 0.3) is 11.1 Å². The van der Waals surface area contributed by atoms with Gasteiger partial charge in [0.1, 0.15) is 11.6 Å². The Bertz CT molecular complexity index is 1120. The van der Waals surface area contributed by atoms with Crippen molar-refractivity contribution >= 4 is 23.8 Å². The molecule has 1 atom stereocenters. The first-order valence-electron chi connectivity index (χ1n) is 10.9. The zero-order chi connectivity index (χ0) is 23.8. The van der Waals surface area contributed by atoms with E-state index in [1.165, 1.54) is 4.90 Å². The molecule has 1 aromatic heterocycles. The van der Waals surface area contributed by atoms with Crippen molar-refractivity contribution < 1.29 is 23.9 Å². The summed E-state index contributed by atoms with van der Waals surface area (Å²) in [7, 11) is 0. The number of benzene rings is 1. The van der Waals surface area contributed by atoms with Gasteiger partial charge < -0.3 is 15.0 Å². The number of imide groups is 1. The van der Waals surface area contributed by atoms with Crippen molar-refractivity contribution in [3.63, 3.8) is 0 Å². The number of amides is 4. The Morgan fingerprint density at radius 1 is 1.24 bits per heavy atom. The minimum atomic E-state index is -0.655. The molecule has 1 saturated heterocycles. The van der Waals surface area contributed by atoms with E-state index in [0.29, 0.717) is 31.6 Å². The van der Waals surface area contributed by atoms with E-state index >= 15 is 0 Å². The molecular formula is C23H27N5O5. The predicted octanol–water partition coefficient (Wildman–Crippen LogP) is 1.84. The molecule has 4 amide bonds. The maximum atomic E-state index is 13.0. The molecule has 3 heterocycles. The van der Waals surface area contributed by atoms with Gasteiger partial charge in [-0.1, -0.05) is 12.1 Å². The highest BCUT2D eigenvalue weighted by molar-refractivity contribution is 6.06. The van der Waals surface area contributed by atoms with Gasteiger partial charge >= 0.3 is 6.09 Å². The second kappa shape index (κ2) is 8.68. The number of fused-ring (bicyclic) bond motifs is 1. The molecule has 0 saturated carbocycles. The number of carbonyl (C=O) groups is 4. The average Bonchev–Trinajstić information content (AvgIpc) is 3.32. The lowest BCUT2D eigenvalue weighted by molar-refractivity contribution is -0.136. The van der Waals surface area contributed by atoms with Crippen LogP contribution in [-0.2, 0) is 27.4 Å². The van der Waals surface area contributed by atoms with Gasteiger partial charge in [-0.05, 0) is 44.4 Å². The number of hydrogen-bond donors (Lipinski definition) is 2. The molecule has 1 aromatic carbocycles. The Morgan fingerprint density at radius 2 is 2.00 bits per heavy atom. The number of nitrogens with zero attached hydrogens (tertiary/aromatic N) is 3. The third-order valence-corrected chi connectivity index (χ3v) is 5.54. The van der Waals surface area contributed by atoms with Gasteiger partial charge in [0.15, 0.2) is 0 Å². The van der Waals surface area contributed by atoms with Crippen molar-refractivity contribution in [2.24, 2.45) is 0 Å². The first-order chi connectivity index (χ1) is 15.6. The van der Waals surface area contributed by atoms with Crippen LogP contribution < -0.4 is 10.6 Å². The summed E-state index contributed by atoms with van der Waals surface area (Å²) < 4.78 is 6.93. The highest BCUT2D eigenvalue weighted by Gasteiger charge is 2.39. The van der Waals surface area contributed by atoms with Crippen LogP contribution in [0.2, 0.25) is 0 Å². The first-order valence-corrected chi connectivity index (χ1v) is 10.9. The molecule has 1 fully saturated rings. The number of ether oxygens (including phenoxy) is 1. The Morgan fingerprint density at radius 3 is 2.73 bits per heavy atom. The summed E-state index contributed by atoms with van der Waals surface area (Å²) in [6.45, 7) is 6.51.